The van der Waals surface area contributed by atoms with Crippen LogP contribution in [-0.4, -0.2) is 80.3 Å². The fourth-order valence-electron chi connectivity index (χ4n) is 5.96. The first-order valence-electron chi connectivity index (χ1n) is 12.6. The van der Waals surface area contributed by atoms with Gasteiger partial charge in [0, 0.05) is 0 Å². The van der Waals surface area contributed by atoms with Gasteiger partial charge in [-0.25, -0.2) is 0 Å². The Balaban J connectivity index is 0.00000248. The van der Waals surface area contributed by atoms with E-state index in [9.17, 15) is 43.2 Å². The third-order valence-electron chi connectivity index (χ3n) is 7.36. The quantitative estimate of drug-likeness (QED) is 0.156. The molecule has 0 aliphatic heterocycles. The summed E-state index contributed by atoms with van der Waals surface area (Å²) in [7, 11) is -12.8. The average Bonchev–Trinajstić information content (AvgIpc) is 3.21. The number of alkyl halides is 6. The molecule has 2 aliphatic carbocycles. The van der Waals surface area contributed by atoms with Gasteiger partial charge in [0.2, 0.25) is 0 Å². The van der Waals surface area contributed by atoms with Gasteiger partial charge < -0.3 is 0 Å². The molecular formula is C25H26F6O8S2Tl2. The Bertz CT molecular complexity index is 1640. The molecule has 18 heteroatoms. The molecule has 2 aliphatic rings. The van der Waals surface area contributed by atoms with Crippen molar-refractivity contribution in [2.75, 3.05) is 0 Å². The monoisotopic (exact) mass is 1040 g/mol. The van der Waals surface area contributed by atoms with E-state index >= 15 is 0 Å². The van der Waals surface area contributed by atoms with E-state index < -0.39 is 59.0 Å². The molecule has 1 atom stereocenters. The van der Waals surface area contributed by atoms with Crippen LogP contribution in [0.4, 0.5) is 26.3 Å². The first-order chi connectivity index (χ1) is 19.4. The van der Waals surface area contributed by atoms with Crippen LogP contribution < -0.4 is 13.7 Å². The summed E-state index contributed by atoms with van der Waals surface area (Å²) in [4.78, 5) is 0. The summed E-state index contributed by atoms with van der Waals surface area (Å²) in [5.74, 6) is -1.71. The Morgan fingerprint density at radius 2 is 0.884 bits per heavy atom. The van der Waals surface area contributed by atoms with Gasteiger partial charge in [-0.15, -0.1) is 0 Å². The van der Waals surface area contributed by atoms with Crippen LogP contribution in [-0.2, 0) is 36.5 Å². The molecule has 0 fully saturated rings. The first-order valence-corrected chi connectivity index (χ1v) is 19.0. The van der Waals surface area contributed by atoms with Crippen LogP contribution in [0.5, 0.6) is 23.0 Å². The standard InChI is InChI=1S/C23H22F6O8S2.C2H6.2Tl/c1-19(2)9-21(13-6-16(31)15(30)5-11(13)19)10-20(3,4)12-7-17(36-38(32,33)22(24,25)26)18(8-14(12)21)37-39(34,35)23(27,28)29;1-2;;/h5-8,30-31H,9-10H2,1-4H3;1-2H3;;/q;;2*+1/p-2. The molecule has 0 bridgehead atoms. The summed E-state index contributed by atoms with van der Waals surface area (Å²) >= 11 is 0.223. The van der Waals surface area contributed by atoms with E-state index in [1.807, 2.05) is 33.8 Å². The van der Waals surface area contributed by atoms with Crippen molar-refractivity contribution in [2.24, 2.45) is 0 Å². The molecule has 8 nitrogen and oxygen atoms in total. The molecule has 0 radical (unpaired) electrons. The number of benzene rings is 2. The second-order valence-electron chi connectivity index (χ2n) is 11.1. The van der Waals surface area contributed by atoms with Crippen LogP contribution in [0.2, 0.25) is 0 Å². The SMILES string of the molecule is CC.CC1(C)CC2(CC(C)(C)c3cc(OS(=O)(=O)C(F)(F)F)c(OS(=O)(=O)C(F)(F)F)cc32)c2cc([O][Tl])c([O][Tl])cc21. The van der Waals surface area contributed by atoms with Crippen LogP contribution in [0, 0.1) is 0 Å². The molecule has 234 valence electrons. The number of halogens is 6. The van der Waals surface area contributed by atoms with Crippen LogP contribution in [0.3, 0.4) is 0 Å². The maximum absolute atomic E-state index is 13.3. The molecule has 1 spiro atoms. The van der Waals surface area contributed by atoms with Crippen molar-refractivity contribution in [3.05, 3.63) is 46.5 Å². The molecule has 0 heterocycles. The van der Waals surface area contributed by atoms with Crippen LogP contribution >= 0.6 is 0 Å². The number of hydrogen-bond acceptors (Lipinski definition) is 8. The fourth-order valence-corrected chi connectivity index (χ4v) is 8.32. The first kappa shape index (κ1) is 36.4. The van der Waals surface area contributed by atoms with Crippen molar-refractivity contribution < 1.29 is 56.9 Å². The zero-order valence-electron chi connectivity index (χ0n) is 23.7. The van der Waals surface area contributed by atoms with Crippen molar-refractivity contribution in [1.82, 2.24) is 0 Å². The van der Waals surface area contributed by atoms with E-state index in [1.165, 1.54) is 0 Å². The van der Waals surface area contributed by atoms with Crippen LogP contribution in [0.1, 0.15) is 76.6 Å². The van der Waals surface area contributed by atoms with E-state index in [2.05, 4.69) is 8.37 Å². The number of fused-ring (bicyclic) bond motifs is 4. The zero-order valence-corrected chi connectivity index (χ0v) is 34.3. The van der Waals surface area contributed by atoms with Crippen molar-refractivity contribution in [2.45, 2.75) is 81.6 Å². The van der Waals surface area contributed by atoms with Gasteiger partial charge in [-0.05, 0) is 0 Å². The van der Waals surface area contributed by atoms with Gasteiger partial charge in [-0.3, -0.25) is 0 Å². The second kappa shape index (κ2) is 11.6. The Labute approximate surface area is 278 Å². The number of hydrogen-bond donors (Lipinski definition) is 0. The molecule has 43 heavy (non-hydrogen) atoms. The predicted molar refractivity (Wildman–Crippen MR) is 144 cm³/mol. The second-order valence-corrected chi connectivity index (χ2v) is 16.0. The summed E-state index contributed by atoms with van der Waals surface area (Å²) in [6.45, 7) is 11.3. The van der Waals surface area contributed by atoms with Gasteiger partial charge in [0.1, 0.15) is 0 Å². The third kappa shape index (κ3) is 6.35. The van der Waals surface area contributed by atoms with Gasteiger partial charge in [-0.1, -0.05) is 13.8 Å². The minimum absolute atomic E-state index is 0.0810. The fraction of sp³-hybridized carbons (Fsp3) is 0.520. The maximum atomic E-state index is 13.3. The van der Waals surface area contributed by atoms with Crippen molar-refractivity contribution in [3.8, 4) is 23.0 Å². The number of rotatable bonds is 6. The summed E-state index contributed by atoms with van der Waals surface area (Å²) in [6.07, 6.45) is 0.659. The Morgan fingerprint density at radius 3 is 1.19 bits per heavy atom. The molecule has 2 aromatic rings. The summed E-state index contributed by atoms with van der Waals surface area (Å²) in [5.41, 5.74) is -12.2. The Morgan fingerprint density at radius 1 is 0.605 bits per heavy atom. The van der Waals surface area contributed by atoms with E-state index in [4.69, 9.17) is 5.37 Å². The van der Waals surface area contributed by atoms with Crippen LogP contribution in [0.25, 0.3) is 0 Å². The van der Waals surface area contributed by atoms with Gasteiger partial charge in [-0.2, -0.15) is 13.2 Å². The van der Waals surface area contributed by atoms with E-state index in [1.54, 1.807) is 19.9 Å². The summed E-state index contributed by atoms with van der Waals surface area (Å²) < 4.78 is 146. The zero-order chi connectivity index (χ0) is 33.2. The molecule has 4 rings (SSSR count). The molecule has 1 unspecified atom stereocenters. The normalized spacial score (nSPS) is 20.4. The molecule has 0 saturated carbocycles. The summed E-state index contributed by atoms with van der Waals surface area (Å²) in [6, 6.07) is 5.23. The molecule has 0 N–H and O–H groups in total. The van der Waals surface area contributed by atoms with E-state index in [0.29, 0.717) is 24.3 Å². The predicted octanol–water partition coefficient (Wildman–Crippen LogP) is 5.74. The van der Waals surface area contributed by atoms with E-state index in [-0.39, 0.29) is 63.6 Å². The molecule has 0 saturated heterocycles. The molecular weight excluding hydrogens is 1020 g/mol. The Kier molecular flexibility index (Phi) is 9.86. The molecule has 0 aromatic heterocycles. The Hall–Kier alpha value is -1.04. The van der Waals surface area contributed by atoms with E-state index in [0.717, 1.165) is 23.3 Å². The average molecular weight is 1040 g/mol. The third-order valence-corrected chi connectivity index (χ3v) is 11.3. The van der Waals surface area contributed by atoms with Crippen molar-refractivity contribution in [1.29, 1.82) is 0 Å². The van der Waals surface area contributed by atoms with Crippen LogP contribution in [0.15, 0.2) is 24.3 Å². The summed E-state index contributed by atoms with van der Waals surface area (Å²) in [5, 5.41) is 0. The van der Waals surface area contributed by atoms with Gasteiger partial charge in [0.05, 0.1) is 0 Å². The minimum atomic E-state index is -6.43. The van der Waals surface area contributed by atoms with Gasteiger partial charge in [0.15, 0.2) is 0 Å². The van der Waals surface area contributed by atoms with Crippen molar-refractivity contribution in [3.63, 3.8) is 0 Å². The van der Waals surface area contributed by atoms with Gasteiger partial charge in [0.25, 0.3) is 0 Å². The van der Waals surface area contributed by atoms with Crippen molar-refractivity contribution >= 4 is 72.7 Å². The molecule has 2 aromatic carbocycles. The van der Waals surface area contributed by atoms with Gasteiger partial charge >= 0.3 is 254 Å². The topological polar surface area (TPSA) is 105 Å². The molecule has 0 amide bonds.